The van der Waals surface area contributed by atoms with E-state index in [0.717, 1.165) is 28.9 Å². The van der Waals surface area contributed by atoms with Crippen LogP contribution in [0.2, 0.25) is 0 Å². The van der Waals surface area contributed by atoms with Gasteiger partial charge in [0.05, 0.1) is 11.9 Å². The van der Waals surface area contributed by atoms with Gasteiger partial charge < -0.3 is 5.32 Å². The van der Waals surface area contributed by atoms with Crippen molar-refractivity contribution in [2.24, 2.45) is 0 Å². The van der Waals surface area contributed by atoms with Crippen molar-refractivity contribution in [1.82, 2.24) is 5.32 Å². The Labute approximate surface area is 166 Å². The summed E-state index contributed by atoms with van der Waals surface area (Å²) in [6.07, 6.45) is 1.13. The summed E-state index contributed by atoms with van der Waals surface area (Å²) in [5.74, 6) is 1.35. The van der Waals surface area contributed by atoms with Crippen LogP contribution >= 0.6 is 11.8 Å². The first-order chi connectivity index (χ1) is 12.8. The number of carbonyl (C=O) groups excluding carboxylic acids is 1. The molecule has 2 aromatic carbocycles. The zero-order valence-electron chi connectivity index (χ0n) is 15.9. The van der Waals surface area contributed by atoms with E-state index in [0.29, 0.717) is 12.2 Å². The molecule has 1 amide bonds. The third kappa shape index (κ3) is 6.59. The average Bonchev–Trinajstić information content (AvgIpc) is 2.60. The summed E-state index contributed by atoms with van der Waals surface area (Å²) < 4.78 is 25.7. The van der Waals surface area contributed by atoms with Gasteiger partial charge in [0, 0.05) is 18.1 Å². The van der Waals surface area contributed by atoms with Crippen LogP contribution in [0.5, 0.6) is 0 Å². The number of carbonyl (C=O) groups is 1. The SMILES string of the molecule is Cc1cccc(C)c1N(CC(=O)NCCSCc1ccccc1)S(C)(=O)=O. The van der Waals surface area contributed by atoms with E-state index in [1.165, 1.54) is 9.87 Å². The molecule has 0 bridgehead atoms. The Morgan fingerprint density at radius 3 is 2.26 bits per heavy atom. The second-order valence-electron chi connectivity index (χ2n) is 6.40. The Bertz CT molecular complexity index is 848. The molecule has 0 heterocycles. The number of para-hydroxylation sites is 1. The molecule has 2 rings (SSSR count). The molecule has 0 radical (unpaired) electrons. The highest BCUT2D eigenvalue weighted by Crippen LogP contribution is 2.26. The molecule has 0 aliphatic rings. The summed E-state index contributed by atoms with van der Waals surface area (Å²) in [5.41, 5.74) is 3.47. The van der Waals surface area contributed by atoms with Gasteiger partial charge in [-0.15, -0.1) is 0 Å². The van der Waals surface area contributed by atoms with Crippen LogP contribution in [0.1, 0.15) is 16.7 Å². The molecule has 7 heteroatoms. The number of anilines is 1. The number of nitrogens with one attached hydrogen (secondary N) is 1. The molecule has 2 aromatic rings. The Morgan fingerprint density at radius 2 is 1.67 bits per heavy atom. The zero-order valence-corrected chi connectivity index (χ0v) is 17.6. The van der Waals surface area contributed by atoms with E-state index >= 15 is 0 Å². The average molecular weight is 407 g/mol. The van der Waals surface area contributed by atoms with E-state index in [4.69, 9.17) is 0 Å². The van der Waals surface area contributed by atoms with Crippen LogP contribution in [0.3, 0.4) is 0 Å². The minimum atomic E-state index is -3.56. The third-order valence-electron chi connectivity index (χ3n) is 4.06. The van der Waals surface area contributed by atoms with Crippen molar-refractivity contribution in [3.8, 4) is 0 Å². The van der Waals surface area contributed by atoms with Crippen molar-refractivity contribution in [3.05, 3.63) is 65.2 Å². The summed E-state index contributed by atoms with van der Waals surface area (Å²) in [6, 6.07) is 15.7. The number of benzene rings is 2. The van der Waals surface area contributed by atoms with Crippen LogP contribution in [0.25, 0.3) is 0 Å². The molecule has 0 saturated carbocycles. The predicted molar refractivity (Wildman–Crippen MR) is 114 cm³/mol. The lowest BCUT2D eigenvalue weighted by Crippen LogP contribution is -2.41. The second-order valence-corrected chi connectivity index (χ2v) is 9.41. The molecular formula is C20H26N2O3S2. The first kappa shape index (κ1) is 21.3. The Morgan fingerprint density at radius 1 is 1.04 bits per heavy atom. The third-order valence-corrected chi connectivity index (χ3v) is 6.20. The van der Waals surface area contributed by atoms with E-state index in [-0.39, 0.29) is 12.5 Å². The maximum Gasteiger partial charge on any atom is 0.240 e. The van der Waals surface area contributed by atoms with E-state index < -0.39 is 10.0 Å². The summed E-state index contributed by atoms with van der Waals surface area (Å²) in [5, 5.41) is 2.81. The summed E-state index contributed by atoms with van der Waals surface area (Å²) in [7, 11) is -3.56. The molecule has 0 atom stereocenters. The lowest BCUT2D eigenvalue weighted by atomic mass is 10.1. The highest BCUT2D eigenvalue weighted by Gasteiger charge is 2.23. The van der Waals surface area contributed by atoms with Crippen molar-refractivity contribution in [2.45, 2.75) is 19.6 Å². The molecule has 0 aromatic heterocycles. The smallest absolute Gasteiger partial charge is 0.240 e. The van der Waals surface area contributed by atoms with Gasteiger partial charge in [-0.3, -0.25) is 9.10 Å². The molecule has 0 aliphatic heterocycles. The Kier molecular flexibility index (Phi) is 7.74. The standard InChI is InChI=1S/C20H26N2O3S2/c1-16-8-7-9-17(2)20(16)22(27(3,24)25)14-19(23)21-12-13-26-15-18-10-5-4-6-11-18/h4-11H,12-15H2,1-3H3,(H,21,23). The van der Waals surface area contributed by atoms with Gasteiger partial charge in [0.15, 0.2) is 0 Å². The van der Waals surface area contributed by atoms with Crippen LogP contribution in [0, 0.1) is 13.8 Å². The van der Waals surface area contributed by atoms with Crippen molar-refractivity contribution >= 4 is 33.4 Å². The summed E-state index contributed by atoms with van der Waals surface area (Å²) in [6.45, 7) is 3.98. The molecule has 146 valence electrons. The maximum absolute atomic E-state index is 12.3. The van der Waals surface area contributed by atoms with Gasteiger partial charge in [0.25, 0.3) is 0 Å². The number of nitrogens with zero attached hydrogens (tertiary/aromatic N) is 1. The van der Waals surface area contributed by atoms with Crippen LogP contribution in [-0.2, 0) is 20.6 Å². The van der Waals surface area contributed by atoms with Crippen LogP contribution in [0.15, 0.2) is 48.5 Å². The number of hydrogen-bond donors (Lipinski definition) is 1. The van der Waals surface area contributed by atoms with Crippen LogP contribution in [0.4, 0.5) is 5.69 Å². The monoisotopic (exact) mass is 406 g/mol. The molecular weight excluding hydrogens is 380 g/mol. The summed E-state index contributed by atoms with van der Waals surface area (Å²) >= 11 is 1.73. The molecule has 0 unspecified atom stereocenters. The minimum absolute atomic E-state index is 0.214. The molecule has 27 heavy (non-hydrogen) atoms. The zero-order chi connectivity index (χ0) is 19.9. The number of rotatable bonds is 9. The summed E-state index contributed by atoms with van der Waals surface area (Å²) in [4.78, 5) is 12.3. The molecule has 0 fully saturated rings. The molecule has 0 spiro atoms. The van der Waals surface area contributed by atoms with E-state index in [1.807, 2.05) is 50.2 Å². The lowest BCUT2D eigenvalue weighted by molar-refractivity contribution is -0.119. The quantitative estimate of drug-likeness (QED) is 0.650. The fourth-order valence-electron chi connectivity index (χ4n) is 2.77. The predicted octanol–water partition coefficient (Wildman–Crippen LogP) is 3.12. The number of amides is 1. The van der Waals surface area contributed by atoms with Crippen molar-refractivity contribution in [3.63, 3.8) is 0 Å². The van der Waals surface area contributed by atoms with Gasteiger partial charge in [0.1, 0.15) is 6.54 Å². The van der Waals surface area contributed by atoms with E-state index in [1.54, 1.807) is 11.8 Å². The minimum Gasteiger partial charge on any atom is -0.354 e. The molecule has 5 nitrogen and oxygen atoms in total. The Hall–Kier alpha value is -1.99. The van der Waals surface area contributed by atoms with E-state index in [9.17, 15) is 13.2 Å². The van der Waals surface area contributed by atoms with E-state index in [2.05, 4.69) is 17.4 Å². The molecule has 1 N–H and O–H groups in total. The van der Waals surface area contributed by atoms with Crippen molar-refractivity contribution in [2.75, 3.05) is 29.4 Å². The van der Waals surface area contributed by atoms with Gasteiger partial charge in [0.2, 0.25) is 15.9 Å². The number of sulfonamides is 1. The largest absolute Gasteiger partial charge is 0.354 e. The van der Waals surface area contributed by atoms with Gasteiger partial charge in [-0.25, -0.2) is 8.42 Å². The number of aryl methyl sites for hydroxylation is 2. The van der Waals surface area contributed by atoms with Crippen molar-refractivity contribution < 1.29 is 13.2 Å². The first-order valence-corrected chi connectivity index (χ1v) is 11.7. The molecule has 0 aliphatic carbocycles. The van der Waals surface area contributed by atoms with Crippen LogP contribution in [-0.4, -0.2) is 39.4 Å². The lowest BCUT2D eigenvalue weighted by Gasteiger charge is -2.25. The van der Waals surface area contributed by atoms with Crippen LogP contribution < -0.4 is 9.62 Å². The fraction of sp³-hybridized carbons (Fsp3) is 0.350. The maximum atomic E-state index is 12.3. The van der Waals surface area contributed by atoms with Gasteiger partial charge in [-0.2, -0.15) is 11.8 Å². The normalized spacial score (nSPS) is 11.2. The number of thioether (sulfide) groups is 1. The topological polar surface area (TPSA) is 66.5 Å². The first-order valence-electron chi connectivity index (χ1n) is 8.71. The van der Waals surface area contributed by atoms with Gasteiger partial charge in [-0.05, 0) is 30.5 Å². The second kappa shape index (κ2) is 9.80. The number of hydrogen-bond acceptors (Lipinski definition) is 4. The highest BCUT2D eigenvalue weighted by atomic mass is 32.2. The van der Waals surface area contributed by atoms with Gasteiger partial charge in [-0.1, -0.05) is 48.5 Å². The fourth-order valence-corrected chi connectivity index (χ4v) is 4.56. The van der Waals surface area contributed by atoms with Gasteiger partial charge >= 0.3 is 0 Å². The van der Waals surface area contributed by atoms with Crippen molar-refractivity contribution in [1.29, 1.82) is 0 Å². The molecule has 0 saturated heterocycles. The highest BCUT2D eigenvalue weighted by molar-refractivity contribution is 7.98. The Balaban J connectivity index is 1.89.